The highest BCUT2D eigenvalue weighted by Gasteiger charge is 2.93. The van der Waals surface area contributed by atoms with Gasteiger partial charge < -0.3 is 0 Å². The third kappa shape index (κ3) is 2.05. The Morgan fingerprint density at radius 3 is 0.667 bits per heavy atom. The Hall–Kier alpha value is -2.97. The van der Waals surface area contributed by atoms with Gasteiger partial charge in [0.25, 0.3) is 0 Å². The number of Topliss-reactive ketones (excluding diaryl/α,β-unsaturated/α-hetero) is 9. The van der Waals surface area contributed by atoms with E-state index >= 15 is 0 Å². The molecule has 0 heterocycles. The summed E-state index contributed by atoms with van der Waals surface area (Å²) in [6, 6.07) is 0. The van der Waals surface area contributed by atoms with E-state index in [1.54, 1.807) is 0 Å². The molecule has 0 bridgehead atoms. The molecule has 0 atom stereocenters. The maximum atomic E-state index is 13.9. The van der Waals surface area contributed by atoms with E-state index in [1.807, 2.05) is 0 Å². The van der Waals surface area contributed by atoms with E-state index in [-0.39, 0.29) is 0 Å². The fourth-order valence-electron chi connectivity index (χ4n) is 5.98. The van der Waals surface area contributed by atoms with Crippen molar-refractivity contribution in [2.24, 2.45) is 21.7 Å². The predicted octanol–water partition coefficient (Wildman–Crippen LogP) is 0.227. The molecule has 0 radical (unpaired) electrons. The third-order valence-electron chi connectivity index (χ3n) is 6.59. The molecule has 0 aromatic carbocycles. The first-order valence-corrected chi connectivity index (χ1v) is 9.09. The van der Waals surface area contributed by atoms with Crippen LogP contribution in [-0.2, 0) is 43.2 Å². The number of hydrogen-bond acceptors (Lipinski definition) is 9. The van der Waals surface area contributed by atoms with Gasteiger partial charge in [-0.25, -0.2) is 0 Å². The van der Waals surface area contributed by atoms with Gasteiger partial charge in [-0.2, -0.15) is 0 Å². The highest BCUT2D eigenvalue weighted by atomic mass is 16.2. The van der Waals surface area contributed by atoms with Gasteiger partial charge in [0.15, 0.2) is 39.7 Å². The fraction of sp³-hybridized carbons (Fsp3) is 0.571. The van der Waals surface area contributed by atoms with E-state index in [9.17, 15) is 43.2 Å². The summed E-state index contributed by atoms with van der Waals surface area (Å²) in [5.74, 6) is -12.2. The minimum absolute atomic E-state index is 0.737. The van der Waals surface area contributed by atoms with Gasteiger partial charge in [0, 0.05) is 0 Å². The molecule has 0 unspecified atom stereocenters. The standard InChI is InChI=1S/C21H24O9/c1-9(22)18(10(2)23)17(30)19(11(3)24,12(4)25)21(15(7)28,16(8)29)20(18,13(5)26)14(6)27/h1-8H3. The lowest BCUT2D eigenvalue weighted by atomic mass is 9.44. The summed E-state index contributed by atoms with van der Waals surface area (Å²) < 4.78 is 0. The minimum atomic E-state index is -3.20. The van der Waals surface area contributed by atoms with Crippen LogP contribution >= 0.6 is 0 Å². The quantitative estimate of drug-likeness (QED) is 0.502. The molecule has 1 rings (SSSR count). The fourth-order valence-corrected chi connectivity index (χ4v) is 5.98. The lowest BCUT2D eigenvalue weighted by molar-refractivity contribution is -0.179. The Kier molecular flexibility index (Phi) is 5.91. The second-order valence-corrected chi connectivity index (χ2v) is 7.78. The van der Waals surface area contributed by atoms with E-state index < -0.39 is 73.7 Å². The second-order valence-electron chi connectivity index (χ2n) is 7.78. The molecule has 1 aliphatic rings. The average Bonchev–Trinajstić information content (AvgIpc) is 2.76. The summed E-state index contributed by atoms with van der Waals surface area (Å²) in [5.41, 5.74) is -12.8. The van der Waals surface area contributed by atoms with Crippen molar-refractivity contribution in [1.82, 2.24) is 0 Å². The molecule has 0 N–H and O–H groups in total. The van der Waals surface area contributed by atoms with Crippen LogP contribution in [-0.4, -0.2) is 52.0 Å². The molecule has 162 valence electrons. The maximum absolute atomic E-state index is 13.9. The van der Waals surface area contributed by atoms with Gasteiger partial charge in [-0.15, -0.1) is 0 Å². The number of carbonyl (C=O) groups excluding carboxylic acids is 9. The summed E-state index contributed by atoms with van der Waals surface area (Å²) in [6.45, 7) is 5.92. The van der Waals surface area contributed by atoms with Crippen molar-refractivity contribution < 1.29 is 43.2 Å². The first-order valence-electron chi connectivity index (χ1n) is 9.09. The topological polar surface area (TPSA) is 154 Å². The molecule has 1 saturated carbocycles. The molecule has 0 saturated heterocycles. The molecule has 9 nitrogen and oxygen atoms in total. The molecular weight excluding hydrogens is 396 g/mol. The zero-order valence-electron chi connectivity index (χ0n) is 18.2. The number of rotatable bonds is 8. The Morgan fingerprint density at radius 2 is 0.567 bits per heavy atom. The van der Waals surface area contributed by atoms with Gasteiger partial charge in [-0.3, -0.25) is 43.2 Å². The van der Waals surface area contributed by atoms with Crippen molar-refractivity contribution in [2.75, 3.05) is 0 Å². The van der Waals surface area contributed by atoms with Crippen LogP contribution in [0.5, 0.6) is 0 Å². The molecule has 0 aromatic rings. The zero-order chi connectivity index (χ0) is 24.2. The average molecular weight is 420 g/mol. The molecule has 1 aliphatic carbocycles. The van der Waals surface area contributed by atoms with Crippen LogP contribution in [0.15, 0.2) is 0 Å². The van der Waals surface area contributed by atoms with Crippen LogP contribution in [0.4, 0.5) is 0 Å². The normalized spacial score (nSPS) is 20.2. The second kappa shape index (κ2) is 7.07. The molecular formula is C21H24O9. The maximum Gasteiger partial charge on any atom is 0.177 e. The van der Waals surface area contributed by atoms with E-state index in [0.29, 0.717) is 0 Å². The molecule has 1 fully saturated rings. The van der Waals surface area contributed by atoms with Crippen molar-refractivity contribution in [3.8, 4) is 0 Å². The van der Waals surface area contributed by atoms with E-state index in [2.05, 4.69) is 0 Å². The van der Waals surface area contributed by atoms with Gasteiger partial charge in [0.2, 0.25) is 0 Å². The first-order chi connectivity index (χ1) is 13.5. The monoisotopic (exact) mass is 420 g/mol. The van der Waals surface area contributed by atoms with Crippen LogP contribution < -0.4 is 0 Å². The molecule has 0 aliphatic heterocycles. The van der Waals surface area contributed by atoms with Crippen molar-refractivity contribution in [2.45, 2.75) is 55.4 Å². The van der Waals surface area contributed by atoms with Gasteiger partial charge >= 0.3 is 0 Å². The summed E-state index contributed by atoms with van der Waals surface area (Å²) in [6.07, 6.45) is 0. The SMILES string of the molecule is CC(=O)C1(C(C)=O)C(=O)C(C(C)=O)(C(C)=O)C(C(C)=O)(C(C)=O)C1(C(C)=O)C(C)=O. The van der Waals surface area contributed by atoms with Crippen LogP contribution in [0.1, 0.15) is 55.4 Å². The van der Waals surface area contributed by atoms with Crippen LogP contribution in [0.2, 0.25) is 0 Å². The molecule has 0 aromatic heterocycles. The van der Waals surface area contributed by atoms with E-state index in [1.165, 1.54) is 0 Å². The molecule has 0 amide bonds. The highest BCUT2D eigenvalue weighted by Crippen LogP contribution is 2.71. The van der Waals surface area contributed by atoms with Gasteiger partial charge in [-0.1, -0.05) is 0 Å². The van der Waals surface area contributed by atoms with Crippen LogP contribution in [0.3, 0.4) is 0 Å². The van der Waals surface area contributed by atoms with E-state index in [0.717, 1.165) is 55.4 Å². The Labute approximate surface area is 172 Å². The van der Waals surface area contributed by atoms with E-state index in [4.69, 9.17) is 0 Å². The predicted molar refractivity (Wildman–Crippen MR) is 100 cm³/mol. The Morgan fingerprint density at radius 1 is 0.400 bits per heavy atom. The first kappa shape index (κ1) is 25.1. The van der Waals surface area contributed by atoms with Gasteiger partial charge in [-0.05, 0) is 55.4 Å². The van der Waals surface area contributed by atoms with Crippen LogP contribution in [0, 0.1) is 21.7 Å². The molecule has 9 heteroatoms. The summed E-state index contributed by atoms with van der Waals surface area (Å²) in [7, 11) is 0. The lowest BCUT2D eigenvalue weighted by Crippen LogP contribution is -2.69. The van der Waals surface area contributed by atoms with Gasteiger partial charge in [0.1, 0.15) is 34.0 Å². The van der Waals surface area contributed by atoms with Crippen molar-refractivity contribution in [1.29, 1.82) is 0 Å². The Bertz CT molecular complexity index is 831. The van der Waals surface area contributed by atoms with Crippen molar-refractivity contribution in [3.63, 3.8) is 0 Å². The van der Waals surface area contributed by atoms with Crippen molar-refractivity contribution >= 4 is 52.0 Å². The molecule has 0 spiro atoms. The summed E-state index contributed by atoms with van der Waals surface area (Å²) in [5, 5.41) is 0. The number of ketones is 9. The highest BCUT2D eigenvalue weighted by molar-refractivity contribution is 6.48. The summed E-state index contributed by atoms with van der Waals surface area (Å²) >= 11 is 0. The third-order valence-corrected chi connectivity index (χ3v) is 6.59. The number of hydrogen-bond donors (Lipinski definition) is 0. The zero-order valence-corrected chi connectivity index (χ0v) is 18.2. The Balaban J connectivity index is 4.97. The minimum Gasteiger partial charge on any atom is -0.299 e. The van der Waals surface area contributed by atoms with Crippen LogP contribution in [0.25, 0.3) is 0 Å². The summed E-state index contributed by atoms with van der Waals surface area (Å²) in [4.78, 5) is 118. The largest absolute Gasteiger partial charge is 0.299 e. The van der Waals surface area contributed by atoms with Gasteiger partial charge in [0.05, 0.1) is 0 Å². The smallest absolute Gasteiger partial charge is 0.177 e. The number of carbonyl (C=O) groups is 9. The molecule has 30 heavy (non-hydrogen) atoms. The van der Waals surface area contributed by atoms with Crippen molar-refractivity contribution in [3.05, 3.63) is 0 Å². The lowest BCUT2D eigenvalue weighted by Gasteiger charge is -2.48.